The highest BCUT2D eigenvalue weighted by Crippen LogP contribution is 2.29. The van der Waals surface area contributed by atoms with Crippen LogP contribution in [-0.4, -0.2) is 39.2 Å². The van der Waals surface area contributed by atoms with Crippen molar-refractivity contribution in [2.45, 2.75) is 13.0 Å². The molecule has 116 valence electrons. The molecule has 22 heavy (non-hydrogen) atoms. The third-order valence-corrected chi connectivity index (χ3v) is 2.79. The summed E-state index contributed by atoms with van der Waals surface area (Å²) in [5, 5.41) is 27.4. The lowest BCUT2D eigenvalue weighted by atomic mass is 9.92. The second-order valence-corrected chi connectivity index (χ2v) is 4.15. The molecule has 8 heteroatoms. The lowest BCUT2D eigenvalue weighted by Gasteiger charge is -2.18. The molecular formula is C14H12O8. The molecule has 0 fully saturated rings. The van der Waals surface area contributed by atoms with Crippen LogP contribution in [0.3, 0.4) is 0 Å². The van der Waals surface area contributed by atoms with E-state index in [1.54, 1.807) is 0 Å². The van der Waals surface area contributed by atoms with Crippen LogP contribution in [0.2, 0.25) is 0 Å². The van der Waals surface area contributed by atoms with Gasteiger partial charge in [0.1, 0.15) is 6.10 Å². The van der Waals surface area contributed by atoms with Crippen molar-refractivity contribution in [1.82, 2.24) is 0 Å². The smallest absolute Gasteiger partial charge is 0.337 e. The molecule has 1 unspecified atom stereocenters. The molecule has 1 aromatic carbocycles. The van der Waals surface area contributed by atoms with Gasteiger partial charge in [-0.25, -0.2) is 19.2 Å². The van der Waals surface area contributed by atoms with Crippen LogP contribution in [0.1, 0.15) is 49.7 Å². The number of carbonyl (C=O) groups excluding carboxylic acids is 1. The van der Waals surface area contributed by atoms with E-state index in [9.17, 15) is 24.3 Å². The van der Waals surface area contributed by atoms with Gasteiger partial charge >= 0.3 is 23.9 Å². The number of esters is 1. The maximum Gasteiger partial charge on any atom is 0.337 e. The Kier molecular flexibility index (Phi) is 5.01. The average molecular weight is 308 g/mol. The Morgan fingerprint density at radius 1 is 1.05 bits per heavy atom. The number of carboxylic acids is 3. The topological polar surface area (TPSA) is 138 Å². The third kappa shape index (κ3) is 3.29. The summed E-state index contributed by atoms with van der Waals surface area (Å²) >= 11 is 0. The van der Waals surface area contributed by atoms with Crippen LogP contribution in [0, 0.1) is 0 Å². The number of benzene rings is 1. The molecule has 0 aliphatic carbocycles. The molecule has 0 saturated heterocycles. The summed E-state index contributed by atoms with van der Waals surface area (Å²) in [6.45, 7) is 4.40. The summed E-state index contributed by atoms with van der Waals surface area (Å²) in [6, 6.07) is 1.83. The van der Waals surface area contributed by atoms with E-state index in [1.807, 2.05) is 0 Å². The van der Waals surface area contributed by atoms with E-state index < -0.39 is 52.2 Å². The van der Waals surface area contributed by atoms with Crippen LogP contribution < -0.4 is 0 Å². The fourth-order valence-electron chi connectivity index (χ4n) is 1.92. The average Bonchev–Trinajstić information content (AvgIpc) is 2.44. The maximum atomic E-state index is 11.4. The van der Waals surface area contributed by atoms with Crippen LogP contribution in [-0.2, 0) is 9.53 Å². The fraction of sp³-hybridized carbons (Fsp3) is 0.143. The summed E-state index contributed by atoms with van der Waals surface area (Å²) in [5.41, 5.74) is -2.22. The van der Waals surface area contributed by atoms with Crippen LogP contribution >= 0.6 is 0 Å². The zero-order valence-electron chi connectivity index (χ0n) is 11.4. The molecule has 0 radical (unpaired) electrons. The van der Waals surface area contributed by atoms with Gasteiger partial charge < -0.3 is 20.1 Å². The zero-order valence-corrected chi connectivity index (χ0v) is 11.4. The maximum absolute atomic E-state index is 11.4. The molecule has 0 bridgehead atoms. The van der Waals surface area contributed by atoms with Gasteiger partial charge in [-0.05, 0) is 19.1 Å². The molecular weight excluding hydrogens is 296 g/mol. The van der Waals surface area contributed by atoms with E-state index in [4.69, 9.17) is 14.9 Å². The number of hydrogen-bond acceptors (Lipinski definition) is 5. The lowest BCUT2D eigenvalue weighted by Crippen LogP contribution is -2.19. The largest absolute Gasteiger partial charge is 0.478 e. The molecule has 1 atom stereocenters. The van der Waals surface area contributed by atoms with Gasteiger partial charge in [-0.1, -0.05) is 6.58 Å². The van der Waals surface area contributed by atoms with Crippen LogP contribution in [0.25, 0.3) is 0 Å². The van der Waals surface area contributed by atoms with E-state index in [0.29, 0.717) is 0 Å². The number of carbonyl (C=O) groups is 4. The number of rotatable bonds is 6. The van der Waals surface area contributed by atoms with Crippen LogP contribution in [0.15, 0.2) is 24.8 Å². The molecule has 0 aromatic heterocycles. The molecule has 1 aromatic rings. The molecule has 0 heterocycles. The number of hydrogen-bond donors (Lipinski definition) is 3. The van der Waals surface area contributed by atoms with Crippen LogP contribution in [0.4, 0.5) is 0 Å². The molecule has 8 nitrogen and oxygen atoms in total. The Labute approximate surface area is 124 Å². The van der Waals surface area contributed by atoms with Crippen molar-refractivity contribution in [3.8, 4) is 0 Å². The summed E-state index contributed by atoms with van der Waals surface area (Å²) in [5.74, 6) is -5.56. The quantitative estimate of drug-likeness (QED) is 0.531. The third-order valence-electron chi connectivity index (χ3n) is 2.79. The van der Waals surface area contributed by atoms with Crippen molar-refractivity contribution >= 4 is 23.9 Å². The van der Waals surface area contributed by atoms with E-state index in [0.717, 1.165) is 18.2 Å². The SMILES string of the molecule is C=CC(=O)OC(C)c1c(C(=O)O)ccc(C(=O)O)c1C(=O)O. The van der Waals surface area contributed by atoms with Gasteiger partial charge in [-0.2, -0.15) is 0 Å². The van der Waals surface area contributed by atoms with E-state index in [-0.39, 0.29) is 0 Å². The van der Waals surface area contributed by atoms with Gasteiger partial charge in [-0.15, -0.1) is 0 Å². The van der Waals surface area contributed by atoms with Crippen molar-refractivity contribution in [2.75, 3.05) is 0 Å². The first-order valence-corrected chi connectivity index (χ1v) is 5.90. The number of aromatic carboxylic acids is 3. The predicted octanol–water partition coefficient (Wildman–Crippen LogP) is 1.57. The van der Waals surface area contributed by atoms with Gasteiger partial charge in [0, 0.05) is 11.6 Å². The summed E-state index contributed by atoms with van der Waals surface area (Å²) in [7, 11) is 0. The molecule has 3 N–H and O–H groups in total. The fourth-order valence-corrected chi connectivity index (χ4v) is 1.92. The highest BCUT2D eigenvalue weighted by atomic mass is 16.5. The highest BCUT2D eigenvalue weighted by Gasteiger charge is 2.29. The summed E-state index contributed by atoms with van der Waals surface area (Å²) in [6.07, 6.45) is -0.472. The Morgan fingerprint density at radius 3 is 1.95 bits per heavy atom. The van der Waals surface area contributed by atoms with Gasteiger partial charge in [0.25, 0.3) is 0 Å². The van der Waals surface area contributed by atoms with Crippen molar-refractivity contribution in [1.29, 1.82) is 0 Å². The van der Waals surface area contributed by atoms with E-state index >= 15 is 0 Å². The molecule has 0 saturated carbocycles. The monoisotopic (exact) mass is 308 g/mol. The minimum atomic E-state index is -1.64. The van der Waals surface area contributed by atoms with Gasteiger partial charge in [0.15, 0.2) is 0 Å². The minimum absolute atomic E-state index is 0.407. The molecule has 0 spiro atoms. The Morgan fingerprint density at radius 2 is 1.55 bits per heavy atom. The first-order chi connectivity index (χ1) is 10.2. The normalized spacial score (nSPS) is 11.3. The zero-order chi connectivity index (χ0) is 17.0. The van der Waals surface area contributed by atoms with E-state index in [2.05, 4.69) is 6.58 Å². The minimum Gasteiger partial charge on any atom is -0.478 e. The van der Waals surface area contributed by atoms with Gasteiger partial charge in [0.2, 0.25) is 0 Å². The Hall–Kier alpha value is -3.16. The number of ether oxygens (including phenoxy) is 1. The second-order valence-electron chi connectivity index (χ2n) is 4.15. The first kappa shape index (κ1) is 16.9. The molecule has 0 aliphatic rings. The standard InChI is InChI=1S/C14H12O8/c1-3-9(15)22-6(2)10-7(12(16)17)4-5-8(13(18)19)11(10)14(20)21/h3-6H,1H2,2H3,(H,16,17)(H,18,19)(H,20,21). The Bertz CT molecular complexity index is 674. The van der Waals surface area contributed by atoms with Gasteiger partial charge in [0.05, 0.1) is 16.7 Å². The van der Waals surface area contributed by atoms with Crippen molar-refractivity contribution in [3.63, 3.8) is 0 Å². The highest BCUT2D eigenvalue weighted by molar-refractivity contribution is 6.05. The first-order valence-electron chi connectivity index (χ1n) is 5.90. The molecule has 1 rings (SSSR count). The van der Waals surface area contributed by atoms with Crippen molar-refractivity contribution in [3.05, 3.63) is 47.0 Å². The van der Waals surface area contributed by atoms with E-state index in [1.165, 1.54) is 6.92 Å². The predicted molar refractivity (Wildman–Crippen MR) is 72.0 cm³/mol. The van der Waals surface area contributed by atoms with Crippen molar-refractivity contribution in [2.24, 2.45) is 0 Å². The molecule has 0 amide bonds. The molecule has 0 aliphatic heterocycles. The Balaban J connectivity index is 3.67. The van der Waals surface area contributed by atoms with Crippen molar-refractivity contribution < 1.29 is 39.2 Å². The van der Waals surface area contributed by atoms with Crippen LogP contribution in [0.5, 0.6) is 0 Å². The summed E-state index contributed by atoms with van der Waals surface area (Å²) < 4.78 is 4.83. The van der Waals surface area contributed by atoms with Gasteiger partial charge in [-0.3, -0.25) is 0 Å². The lowest BCUT2D eigenvalue weighted by molar-refractivity contribution is -0.142. The number of carboxylic acid groups (broad SMARTS) is 3. The second kappa shape index (κ2) is 6.53. The summed E-state index contributed by atoms with van der Waals surface area (Å²) in [4.78, 5) is 45.0.